The Morgan fingerprint density at radius 3 is 2.54 bits per heavy atom. The lowest BCUT2D eigenvalue weighted by molar-refractivity contribution is -0.138. The fraction of sp³-hybridized carbons (Fsp3) is 0.654. The van der Waals surface area contributed by atoms with Crippen LogP contribution in [-0.4, -0.2) is 91.5 Å². The molecule has 11 heteroatoms. The van der Waals surface area contributed by atoms with Crippen LogP contribution in [0.5, 0.6) is 0 Å². The minimum Gasteiger partial charge on any atom is -0.369 e. The van der Waals surface area contributed by atoms with E-state index >= 15 is 0 Å². The molecule has 1 aromatic carbocycles. The first-order valence-corrected chi connectivity index (χ1v) is 12.9. The smallest absolute Gasteiger partial charge is 0.249 e. The van der Waals surface area contributed by atoms with Gasteiger partial charge in [0.15, 0.2) is 5.78 Å². The van der Waals surface area contributed by atoms with Gasteiger partial charge in [0.1, 0.15) is 12.6 Å². The topological polar surface area (TPSA) is 145 Å². The Hall–Kier alpha value is -3.14. The molecule has 3 heterocycles. The number of nitrogens with zero attached hydrogens (tertiary/aromatic N) is 6. The number of piperazine rings is 1. The lowest BCUT2D eigenvalue weighted by Gasteiger charge is -2.36. The van der Waals surface area contributed by atoms with Crippen molar-refractivity contribution < 1.29 is 19.1 Å². The molecule has 3 aliphatic rings. The fourth-order valence-electron chi connectivity index (χ4n) is 5.75. The third-order valence-corrected chi connectivity index (χ3v) is 7.62. The molecule has 4 atom stereocenters. The highest BCUT2D eigenvalue weighted by Gasteiger charge is 2.53. The zero-order valence-corrected chi connectivity index (χ0v) is 22.1. The van der Waals surface area contributed by atoms with Crippen molar-refractivity contribution >= 4 is 23.3 Å². The Labute approximate surface area is 217 Å². The second-order valence-corrected chi connectivity index (χ2v) is 11.3. The van der Waals surface area contributed by atoms with Crippen molar-refractivity contribution in [1.29, 1.82) is 0 Å². The maximum atomic E-state index is 14.2. The van der Waals surface area contributed by atoms with E-state index in [-0.39, 0.29) is 30.3 Å². The van der Waals surface area contributed by atoms with E-state index in [2.05, 4.69) is 26.7 Å². The summed E-state index contributed by atoms with van der Waals surface area (Å²) in [7, 11) is 0. The number of carbonyl (C=O) groups is 3. The van der Waals surface area contributed by atoms with Gasteiger partial charge >= 0.3 is 0 Å². The van der Waals surface area contributed by atoms with Gasteiger partial charge in [0, 0.05) is 48.9 Å². The highest BCUT2D eigenvalue weighted by molar-refractivity contribution is 5.99. The summed E-state index contributed by atoms with van der Waals surface area (Å²) in [6.07, 6.45) is -0.215. The molecule has 0 bridgehead atoms. The first kappa shape index (κ1) is 26.9. The molecule has 0 aromatic heterocycles. The standard InChI is InChI=1S/C26H37N7O4/c1-5-31-8-10-32(11-9-31)16-6-7-17(24(27)35)18(12-16)19(13-26(2,3)4)25(36)33-14-20(29-30-28)23-22(33)21(34)15-37-23/h6-7,12,19-20,22-23H,5,8-11,13-15H2,1-4H3,(H2,27,35)/t19-,20+,22+,23+/m0/s1. The number of nitrogens with two attached hydrogens (primary N) is 1. The van der Waals surface area contributed by atoms with Crippen LogP contribution in [0.1, 0.15) is 56.0 Å². The van der Waals surface area contributed by atoms with E-state index < -0.39 is 30.0 Å². The maximum absolute atomic E-state index is 14.2. The number of ether oxygens (including phenoxy) is 1. The zero-order chi connectivity index (χ0) is 26.9. The van der Waals surface area contributed by atoms with E-state index in [4.69, 9.17) is 16.0 Å². The minimum absolute atomic E-state index is 0.0924. The Morgan fingerprint density at radius 2 is 1.95 bits per heavy atom. The van der Waals surface area contributed by atoms with Crippen LogP contribution < -0.4 is 10.6 Å². The van der Waals surface area contributed by atoms with Crippen LogP contribution in [0.4, 0.5) is 5.69 Å². The average molecular weight is 512 g/mol. The number of amides is 2. The number of carbonyl (C=O) groups excluding carboxylic acids is 3. The molecule has 0 spiro atoms. The van der Waals surface area contributed by atoms with Gasteiger partial charge in [-0.2, -0.15) is 0 Å². The molecule has 0 radical (unpaired) electrons. The van der Waals surface area contributed by atoms with Crippen LogP contribution >= 0.6 is 0 Å². The third kappa shape index (κ3) is 5.58. The number of fused-ring (bicyclic) bond motifs is 1. The normalized spacial score (nSPS) is 25.1. The molecule has 11 nitrogen and oxygen atoms in total. The van der Waals surface area contributed by atoms with Crippen LogP contribution in [0.15, 0.2) is 23.3 Å². The van der Waals surface area contributed by atoms with Gasteiger partial charge in [0.05, 0.1) is 18.1 Å². The monoisotopic (exact) mass is 511 g/mol. The van der Waals surface area contributed by atoms with E-state index in [1.807, 2.05) is 32.9 Å². The molecule has 1 aromatic rings. The highest BCUT2D eigenvalue weighted by Crippen LogP contribution is 2.39. The van der Waals surface area contributed by atoms with Gasteiger partial charge in [0.2, 0.25) is 11.8 Å². The lowest BCUT2D eigenvalue weighted by atomic mass is 9.79. The second-order valence-electron chi connectivity index (χ2n) is 11.3. The van der Waals surface area contributed by atoms with E-state index in [1.54, 1.807) is 6.07 Å². The molecule has 3 fully saturated rings. The van der Waals surface area contributed by atoms with E-state index in [0.717, 1.165) is 38.4 Å². The zero-order valence-electron chi connectivity index (χ0n) is 22.1. The largest absolute Gasteiger partial charge is 0.369 e. The van der Waals surface area contributed by atoms with Gasteiger partial charge in [-0.3, -0.25) is 14.4 Å². The molecule has 0 unspecified atom stereocenters. The SMILES string of the molecule is CCN1CCN(c2ccc(C(N)=O)c([C@H](CC(C)(C)C)C(=O)N3C[C@@H](N=[N+]=[N-])[C@H]4OCC(=O)[C@H]43)c2)CC1. The summed E-state index contributed by atoms with van der Waals surface area (Å²) in [5.41, 5.74) is 16.3. The molecule has 3 aliphatic heterocycles. The van der Waals surface area contributed by atoms with Crippen molar-refractivity contribution in [2.45, 2.75) is 58.2 Å². The molecular formula is C26H37N7O4. The van der Waals surface area contributed by atoms with Crippen molar-refractivity contribution in [3.63, 3.8) is 0 Å². The molecule has 37 heavy (non-hydrogen) atoms. The molecule has 3 saturated heterocycles. The molecular weight excluding hydrogens is 474 g/mol. The van der Waals surface area contributed by atoms with Crippen LogP contribution in [0.3, 0.4) is 0 Å². The van der Waals surface area contributed by atoms with Gasteiger partial charge in [-0.15, -0.1) is 0 Å². The van der Waals surface area contributed by atoms with E-state index in [1.165, 1.54) is 4.90 Å². The molecule has 4 rings (SSSR count). The summed E-state index contributed by atoms with van der Waals surface area (Å²) in [4.78, 5) is 48.5. The van der Waals surface area contributed by atoms with Crippen LogP contribution in [-0.2, 0) is 14.3 Å². The van der Waals surface area contributed by atoms with Gasteiger partial charge in [-0.05, 0) is 47.7 Å². The number of rotatable bonds is 7. The Balaban J connectivity index is 1.73. The van der Waals surface area contributed by atoms with Crippen molar-refractivity contribution in [2.24, 2.45) is 16.3 Å². The number of hydrogen-bond donors (Lipinski definition) is 1. The number of likely N-dealkylation sites (tertiary alicyclic amines) is 1. The van der Waals surface area contributed by atoms with Gasteiger partial charge in [-0.1, -0.05) is 32.8 Å². The summed E-state index contributed by atoms with van der Waals surface area (Å²) in [6.45, 7) is 12.8. The van der Waals surface area contributed by atoms with Crippen molar-refractivity contribution in [1.82, 2.24) is 9.80 Å². The summed E-state index contributed by atoms with van der Waals surface area (Å²) in [5.74, 6) is -1.80. The van der Waals surface area contributed by atoms with Crippen LogP contribution in [0, 0.1) is 5.41 Å². The highest BCUT2D eigenvalue weighted by atomic mass is 16.5. The number of azide groups is 1. The summed E-state index contributed by atoms with van der Waals surface area (Å²) in [6, 6.07) is 4.08. The number of ketones is 1. The predicted octanol–water partition coefficient (Wildman–Crippen LogP) is 2.30. The number of likely N-dealkylation sites (N-methyl/N-ethyl adjacent to an activating group) is 1. The molecule has 2 amide bonds. The molecule has 0 saturated carbocycles. The van der Waals surface area contributed by atoms with Gasteiger partial charge in [0.25, 0.3) is 0 Å². The van der Waals surface area contributed by atoms with Gasteiger partial charge < -0.3 is 25.2 Å². The second kappa shape index (κ2) is 10.7. The average Bonchev–Trinajstić information content (AvgIpc) is 3.42. The number of anilines is 1. The fourth-order valence-corrected chi connectivity index (χ4v) is 5.75. The van der Waals surface area contributed by atoms with Gasteiger partial charge in [-0.25, -0.2) is 0 Å². The van der Waals surface area contributed by atoms with E-state index in [0.29, 0.717) is 17.5 Å². The Bertz CT molecular complexity index is 1100. The van der Waals surface area contributed by atoms with Crippen molar-refractivity contribution in [2.75, 3.05) is 50.8 Å². The van der Waals surface area contributed by atoms with E-state index in [9.17, 15) is 14.4 Å². The first-order valence-electron chi connectivity index (χ1n) is 12.9. The van der Waals surface area contributed by atoms with Crippen molar-refractivity contribution in [3.05, 3.63) is 39.8 Å². The quantitative estimate of drug-likeness (QED) is 0.338. The first-order chi connectivity index (χ1) is 17.5. The summed E-state index contributed by atoms with van der Waals surface area (Å²) >= 11 is 0. The lowest BCUT2D eigenvalue weighted by Crippen LogP contribution is -2.46. The van der Waals surface area contributed by atoms with Crippen LogP contribution in [0.2, 0.25) is 0 Å². The molecule has 0 aliphatic carbocycles. The van der Waals surface area contributed by atoms with Crippen molar-refractivity contribution in [3.8, 4) is 0 Å². The Kier molecular flexibility index (Phi) is 7.77. The number of Topliss-reactive ketones (excluding diaryl/α,β-unsaturated/α-hetero) is 1. The molecule has 2 N–H and O–H groups in total. The predicted molar refractivity (Wildman–Crippen MR) is 139 cm³/mol. The van der Waals surface area contributed by atoms with Crippen LogP contribution in [0.25, 0.3) is 10.4 Å². The number of hydrogen-bond acceptors (Lipinski definition) is 7. The number of benzene rings is 1. The summed E-state index contributed by atoms with van der Waals surface area (Å²) in [5, 5.41) is 3.80. The summed E-state index contributed by atoms with van der Waals surface area (Å²) < 4.78 is 5.61. The minimum atomic E-state index is -0.798. The maximum Gasteiger partial charge on any atom is 0.249 e. The Morgan fingerprint density at radius 1 is 1.24 bits per heavy atom. The third-order valence-electron chi connectivity index (χ3n) is 7.62. The number of primary amides is 1. The molecule has 200 valence electrons.